The number of rotatable bonds is 5. The first-order chi connectivity index (χ1) is 9.97. The maximum Gasteiger partial charge on any atom is 0.257 e. The minimum atomic E-state index is -0.149. The van der Waals surface area contributed by atoms with Gasteiger partial charge in [0.2, 0.25) is 0 Å². The fourth-order valence-electron chi connectivity index (χ4n) is 2.21. The van der Waals surface area contributed by atoms with E-state index in [0.717, 1.165) is 12.1 Å². The van der Waals surface area contributed by atoms with E-state index in [1.165, 1.54) is 5.56 Å². The minimum absolute atomic E-state index is 0.149. The molecule has 0 unspecified atom stereocenters. The molecule has 5 nitrogen and oxygen atoms in total. The van der Waals surface area contributed by atoms with E-state index in [2.05, 4.69) is 27.5 Å². The van der Waals surface area contributed by atoms with Crippen LogP contribution in [0.1, 0.15) is 32.9 Å². The Hall–Kier alpha value is -2.14. The second-order valence-corrected chi connectivity index (χ2v) is 5.44. The topological polar surface area (TPSA) is 58.4 Å². The zero-order valence-electron chi connectivity index (χ0n) is 12.9. The highest BCUT2D eigenvalue weighted by atomic mass is 16.5. The molecular formula is C16H21N3O2. The Morgan fingerprint density at radius 2 is 1.81 bits per heavy atom. The van der Waals surface area contributed by atoms with Crippen LogP contribution in [0.15, 0.2) is 28.8 Å². The molecule has 0 aliphatic rings. The number of hydrogen-bond acceptors (Lipinski definition) is 4. The third-order valence-corrected chi connectivity index (χ3v) is 3.24. The van der Waals surface area contributed by atoms with E-state index < -0.39 is 0 Å². The molecule has 0 aliphatic heterocycles. The molecule has 0 aliphatic carbocycles. The van der Waals surface area contributed by atoms with Crippen LogP contribution in [0.25, 0.3) is 0 Å². The van der Waals surface area contributed by atoms with Gasteiger partial charge in [-0.3, -0.25) is 4.79 Å². The fourth-order valence-corrected chi connectivity index (χ4v) is 2.21. The molecule has 2 aromatic rings. The Labute approximate surface area is 124 Å². The van der Waals surface area contributed by atoms with Crippen LogP contribution >= 0.6 is 0 Å². The largest absolute Gasteiger partial charge is 0.361 e. The molecule has 0 saturated heterocycles. The standard InChI is InChI=1S/C16H21N3O2/c1-11-15(12(2)21-18-11)16(20)17-9-13-5-7-14(8-6-13)10-19(3)4/h5-8H,9-10H2,1-4H3,(H,17,20). The van der Waals surface area contributed by atoms with Gasteiger partial charge in [-0.15, -0.1) is 0 Å². The average Bonchev–Trinajstić information content (AvgIpc) is 2.76. The van der Waals surface area contributed by atoms with E-state index in [1.807, 2.05) is 26.2 Å². The normalized spacial score (nSPS) is 10.9. The van der Waals surface area contributed by atoms with Crippen molar-refractivity contribution in [3.8, 4) is 0 Å². The lowest BCUT2D eigenvalue weighted by Gasteiger charge is -2.10. The van der Waals surface area contributed by atoms with Gasteiger partial charge in [-0.05, 0) is 39.1 Å². The van der Waals surface area contributed by atoms with Crippen LogP contribution in [0, 0.1) is 13.8 Å². The second kappa shape index (κ2) is 6.54. The van der Waals surface area contributed by atoms with Crippen LogP contribution < -0.4 is 5.32 Å². The Morgan fingerprint density at radius 3 is 2.33 bits per heavy atom. The molecule has 0 atom stereocenters. The van der Waals surface area contributed by atoms with Gasteiger partial charge in [0.25, 0.3) is 5.91 Å². The average molecular weight is 287 g/mol. The highest BCUT2D eigenvalue weighted by molar-refractivity contribution is 5.95. The lowest BCUT2D eigenvalue weighted by atomic mass is 10.1. The lowest BCUT2D eigenvalue weighted by molar-refractivity contribution is 0.0949. The van der Waals surface area contributed by atoms with Gasteiger partial charge in [0.1, 0.15) is 11.3 Å². The minimum Gasteiger partial charge on any atom is -0.361 e. The van der Waals surface area contributed by atoms with Gasteiger partial charge < -0.3 is 14.7 Å². The van der Waals surface area contributed by atoms with Crippen molar-refractivity contribution in [1.29, 1.82) is 0 Å². The molecule has 21 heavy (non-hydrogen) atoms. The number of hydrogen-bond donors (Lipinski definition) is 1. The van der Waals surface area contributed by atoms with Crippen molar-refractivity contribution in [3.05, 3.63) is 52.4 Å². The summed E-state index contributed by atoms with van der Waals surface area (Å²) in [4.78, 5) is 14.2. The monoisotopic (exact) mass is 287 g/mol. The Bertz CT molecular complexity index is 595. The summed E-state index contributed by atoms with van der Waals surface area (Å²) in [5, 5.41) is 6.68. The van der Waals surface area contributed by atoms with Crippen molar-refractivity contribution in [1.82, 2.24) is 15.4 Å². The number of carbonyl (C=O) groups excluding carboxylic acids is 1. The van der Waals surface area contributed by atoms with Crippen molar-refractivity contribution < 1.29 is 9.32 Å². The summed E-state index contributed by atoms with van der Waals surface area (Å²) in [5.74, 6) is 0.398. The quantitative estimate of drug-likeness (QED) is 0.916. The molecule has 0 radical (unpaired) electrons. The van der Waals surface area contributed by atoms with Crippen LogP contribution in [-0.2, 0) is 13.1 Å². The number of nitrogens with zero attached hydrogens (tertiary/aromatic N) is 2. The number of amides is 1. The summed E-state index contributed by atoms with van der Waals surface area (Å²) < 4.78 is 5.01. The van der Waals surface area contributed by atoms with Crippen molar-refractivity contribution >= 4 is 5.91 Å². The smallest absolute Gasteiger partial charge is 0.257 e. The first kappa shape index (κ1) is 15.3. The van der Waals surface area contributed by atoms with Crippen LogP contribution in [0.2, 0.25) is 0 Å². The molecule has 0 bridgehead atoms. The van der Waals surface area contributed by atoms with Crippen molar-refractivity contribution in [2.24, 2.45) is 0 Å². The number of aryl methyl sites for hydroxylation is 2. The van der Waals surface area contributed by atoms with Gasteiger partial charge in [0.15, 0.2) is 0 Å². The third-order valence-electron chi connectivity index (χ3n) is 3.24. The molecule has 2 rings (SSSR count). The van der Waals surface area contributed by atoms with Gasteiger partial charge in [0.05, 0.1) is 5.69 Å². The number of benzene rings is 1. The van der Waals surface area contributed by atoms with Crippen molar-refractivity contribution in [2.75, 3.05) is 14.1 Å². The summed E-state index contributed by atoms with van der Waals surface area (Å²) in [6.07, 6.45) is 0. The first-order valence-corrected chi connectivity index (χ1v) is 6.91. The van der Waals surface area contributed by atoms with Crippen molar-refractivity contribution in [3.63, 3.8) is 0 Å². The highest BCUT2D eigenvalue weighted by Crippen LogP contribution is 2.12. The fraction of sp³-hybridized carbons (Fsp3) is 0.375. The van der Waals surface area contributed by atoms with Gasteiger partial charge in [-0.1, -0.05) is 29.4 Å². The van der Waals surface area contributed by atoms with Gasteiger partial charge >= 0.3 is 0 Å². The van der Waals surface area contributed by atoms with E-state index in [0.29, 0.717) is 23.6 Å². The second-order valence-electron chi connectivity index (χ2n) is 5.44. The Morgan fingerprint density at radius 1 is 1.19 bits per heavy atom. The van der Waals surface area contributed by atoms with E-state index in [-0.39, 0.29) is 5.91 Å². The summed E-state index contributed by atoms with van der Waals surface area (Å²) >= 11 is 0. The van der Waals surface area contributed by atoms with Gasteiger partial charge in [-0.2, -0.15) is 0 Å². The third kappa shape index (κ3) is 3.92. The molecular weight excluding hydrogens is 266 g/mol. The lowest BCUT2D eigenvalue weighted by Crippen LogP contribution is -2.23. The molecule has 0 spiro atoms. The summed E-state index contributed by atoms with van der Waals surface area (Å²) in [6.45, 7) is 4.91. The molecule has 5 heteroatoms. The predicted octanol–water partition coefficient (Wildman–Crippen LogP) is 2.28. The van der Waals surface area contributed by atoms with Crippen LogP contribution in [0.4, 0.5) is 0 Å². The van der Waals surface area contributed by atoms with E-state index in [4.69, 9.17) is 4.52 Å². The molecule has 0 saturated carbocycles. The molecule has 1 aromatic heterocycles. The number of nitrogens with one attached hydrogen (secondary N) is 1. The predicted molar refractivity (Wildman–Crippen MR) is 81.0 cm³/mol. The van der Waals surface area contributed by atoms with Gasteiger partial charge in [-0.25, -0.2) is 0 Å². The van der Waals surface area contributed by atoms with E-state index in [1.54, 1.807) is 13.8 Å². The SMILES string of the molecule is Cc1noc(C)c1C(=O)NCc1ccc(CN(C)C)cc1. The molecule has 1 heterocycles. The van der Waals surface area contributed by atoms with E-state index in [9.17, 15) is 4.79 Å². The molecule has 112 valence electrons. The number of aromatic nitrogens is 1. The maximum absolute atomic E-state index is 12.1. The summed E-state index contributed by atoms with van der Waals surface area (Å²) in [6, 6.07) is 8.23. The van der Waals surface area contributed by atoms with Crippen LogP contribution in [0.5, 0.6) is 0 Å². The van der Waals surface area contributed by atoms with E-state index >= 15 is 0 Å². The summed E-state index contributed by atoms with van der Waals surface area (Å²) in [5.41, 5.74) is 3.46. The molecule has 1 N–H and O–H groups in total. The Balaban J connectivity index is 1.95. The molecule has 1 amide bonds. The molecule has 1 aromatic carbocycles. The van der Waals surface area contributed by atoms with Crippen molar-refractivity contribution in [2.45, 2.75) is 26.9 Å². The maximum atomic E-state index is 12.1. The zero-order chi connectivity index (χ0) is 15.4. The number of carbonyl (C=O) groups is 1. The zero-order valence-corrected chi connectivity index (χ0v) is 12.9. The molecule has 0 fully saturated rings. The van der Waals surface area contributed by atoms with Crippen LogP contribution in [0.3, 0.4) is 0 Å². The van der Waals surface area contributed by atoms with Crippen LogP contribution in [-0.4, -0.2) is 30.1 Å². The first-order valence-electron chi connectivity index (χ1n) is 6.91. The summed E-state index contributed by atoms with van der Waals surface area (Å²) in [7, 11) is 4.08. The van der Waals surface area contributed by atoms with Gasteiger partial charge in [0, 0.05) is 13.1 Å². The highest BCUT2D eigenvalue weighted by Gasteiger charge is 2.16. The Kier molecular flexibility index (Phi) is 4.75.